The average molecular weight is 536 g/mol. The minimum absolute atomic E-state index is 0.0979. The van der Waals surface area contributed by atoms with Crippen LogP contribution in [0.4, 0.5) is 10.5 Å². The van der Waals surface area contributed by atoms with Crippen molar-refractivity contribution in [3.8, 4) is 0 Å². The Morgan fingerprint density at radius 3 is 2.05 bits per heavy atom. The summed E-state index contributed by atoms with van der Waals surface area (Å²) in [7, 11) is 0. The van der Waals surface area contributed by atoms with E-state index < -0.39 is 23.8 Å². The van der Waals surface area contributed by atoms with E-state index in [1.165, 1.54) is 0 Å². The van der Waals surface area contributed by atoms with Gasteiger partial charge in [0, 0.05) is 11.7 Å². The molecule has 2 N–H and O–H groups in total. The first-order chi connectivity index (χ1) is 18.3. The van der Waals surface area contributed by atoms with Crippen molar-refractivity contribution in [2.24, 2.45) is 5.92 Å². The zero-order valence-corrected chi connectivity index (χ0v) is 24.8. The van der Waals surface area contributed by atoms with Crippen LogP contribution in [0.15, 0.2) is 42.5 Å². The lowest BCUT2D eigenvalue weighted by Crippen LogP contribution is -2.57. The van der Waals surface area contributed by atoms with Crippen LogP contribution in [0.5, 0.6) is 0 Å². The molecule has 0 aromatic heterocycles. The summed E-state index contributed by atoms with van der Waals surface area (Å²) >= 11 is 0. The first-order valence-corrected chi connectivity index (χ1v) is 14.0. The number of carbonyl (C=O) groups is 3. The predicted molar refractivity (Wildman–Crippen MR) is 156 cm³/mol. The van der Waals surface area contributed by atoms with E-state index in [0.29, 0.717) is 12.1 Å². The molecule has 1 aliphatic carbocycles. The molecule has 0 bridgehead atoms. The number of alkyl carbamates (subject to hydrolysis) is 1. The van der Waals surface area contributed by atoms with E-state index in [1.807, 2.05) is 77.1 Å². The number of rotatable bonds is 9. The van der Waals surface area contributed by atoms with Crippen LogP contribution in [0.1, 0.15) is 88.6 Å². The van der Waals surface area contributed by atoms with Crippen molar-refractivity contribution in [2.75, 3.05) is 5.32 Å². The lowest BCUT2D eigenvalue weighted by molar-refractivity contribution is -0.146. The van der Waals surface area contributed by atoms with Crippen LogP contribution in [0.3, 0.4) is 0 Å². The van der Waals surface area contributed by atoms with Crippen molar-refractivity contribution in [2.45, 2.75) is 105 Å². The van der Waals surface area contributed by atoms with Gasteiger partial charge in [0.1, 0.15) is 17.7 Å². The molecule has 2 aromatic rings. The summed E-state index contributed by atoms with van der Waals surface area (Å²) < 4.78 is 5.50. The van der Waals surface area contributed by atoms with Crippen LogP contribution >= 0.6 is 0 Å². The quantitative estimate of drug-likeness (QED) is 0.378. The fourth-order valence-electron chi connectivity index (χ4n) is 5.07. The third-order valence-electron chi connectivity index (χ3n) is 7.16. The van der Waals surface area contributed by atoms with Gasteiger partial charge in [-0.1, -0.05) is 50.2 Å². The molecule has 2 unspecified atom stereocenters. The molecule has 1 fully saturated rings. The Morgan fingerprint density at radius 2 is 1.54 bits per heavy atom. The number of ether oxygens (including phenoxy) is 1. The Morgan fingerprint density at radius 1 is 0.949 bits per heavy atom. The third-order valence-corrected chi connectivity index (χ3v) is 7.16. The lowest BCUT2D eigenvalue weighted by Gasteiger charge is -2.44. The van der Waals surface area contributed by atoms with Crippen LogP contribution in [0, 0.1) is 26.7 Å². The van der Waals surface area contributed by atoms with Gasteiger partial charge in [-0.3, -0.25) is 9.59 Å². The molecule has 2 atom stereocenters. The van der Waals surface area contributed by atoms with Crippen molar-refractivity contribution >= 4 is 23.6 Å². The van der Waals surface area contributed by atoms with Crippen molar-refractivity contribution in [1.82, 2.24) is 10.2 Å². The Labute approximate surface area is 233 Å². The van der Waals surface area contributed by atoms with Gasteiger partial charge < -0.3 is 20.3 Å². The number of carbonyl (C=O) groups excluding carboxylic acids is 3. The van der Waals surface area contributed by atoms with Crippen molar-refractivity contribution in [1.29, 1.82) is 0 Å². The predicted octanol–water partition coefficient (Wildman–Crippen LogP) is 6.61. The highest BCUT2D eigenvalue weighted by molar-refractivity contribution is 6.00. The molecule has 3 rings (SSSR count). The largest absolute Gasteiger partial charge is 0.444 e. The SMILES string of the molecule is Cc1ccccc1NC(=O)C(c1c(C)cccc1C)N(C(=O)C(CC(C)C)NC(=O)OC(C)(C)C)C1CCC1. The van der Waals surface area contributed by atoms with E-state index in [-0.39, 0.29) is 23.8 Å². The lowest BCUT2D eigenvalue weighted by atomic mass is 9.85. The van der Waals surface area contributed by atoms with Gasteiger partial charge in [-0.15, -0.1) is 0 Å². The molecule has 0 spiro atoms. The topological polar surface area (TPSA) is 87.7 Å². The van der Waals surface area contributed by atoms with E-state index in [2.05, 4.69) is 10.6 Å². The second kappa shape index (κ2) is 12.7. The number of hydrogen-bond acceptors (Lipinski definition) is 4. The average Bonchev–Trinajstić information content (AvgIpc) is 2.78. The number of anilines is 1. The van der Waals surface area contributed by atoms with E-state index in [9.17, 15) is 14.4 Å². The normalized spacial score (nSPS) is 15.2. The second-order valence-electron chi connectivity index (χ2n) is 12.2. The van der Waals surface area contributed by atoms with E-state index >= 15 is 0 Å². The first kappa shape index (κ1) is 30.2. The van der Waals surface area contributed by atoms with Gasteiger partial charge in [-0.05, 0) is 101 Å². The number of aryl methyl sites for hydroxylation is 3. The zero-order chi connectivity index (χ0) is 28.9. The molecular formula is C32H45N3O4. The number of hydrogen-bond donors (Lipinski definition) is 2. The molecule has 0 radical (unpaired) electrons. The highest BCUT2D eigenvalue weighted by Crippen LogP contribution is 2.37. The molecule has 0 saturated heterocycles. The maximum absolute atomic E-state index is 14.5. The second-order valence-corrected chi connectivity index (χ2v) is 12.2. The van der Waals surface area contributed by atoms with Crippen LogP contribution in [0.2, 0.25) is 0 Å². The highest BCUT2D eigenvalue weighted by Gasteiger charge is 2.43. The number of nitrogens with one attached hydrogen (secondary N) is 2. The molecule has 0 aliphatic heterocycles. The highest BCUT2D eigenvalue weighted by atomic mass is 16.6. The number of benzene rings is 2. The molecule has 39 heavy (non-hydrogen) atoms. The standard InChI is InChI=1S/C32H45N3O4/c1-20(2)19-26(34-31(38)39-32(6,7)8)30(37)35(24-16-12-17-24)28(27-22(4)14-11-15-23(27)5)29(36)33-25-18-10-9-13-21(25)3/h9-11,13-15,18,20,24,26,28H,12,16-17,19H2,1-8H3,(H,33,36)(H,34,38). The Bertz CT molecular complexity index is 1160. The molecule has 1 aliphatic rings. The fourth-order valence-corrected chi connectivity index (χ4v) is 5.07. The maximum atomic E-state index is 14.5. The molecule has 7 nitrogen and oxygen atoms in total. The third kappa shape index (κ3) is 7.84. The smallest absolute Gasteiger partial charge is 0.408 e. The summed E-state index contributed by atoms with van der Waals surface area (Å²) in [6, 6.07) is 11.8. The van der Waals surface area contributed by atoms with Gasteiger partial charge >= 0.3 is 6.09 Å². The van der Waals surface area contributed by atoms with Gasteiger partial charge in [0.2, 0.25) is 5.91 Å². The van der Waals surface area contributed by atoms with Gasteiger partial charge in [0.15, 0.2) is 0 Å². The molecule has 3 amide bonds. The molecule has 0 heterocycles. The van der Waals surface area contributed by atoms with Crippen LogP contribution in [-0.4, -0.2) is 40.5 Å². The van der Waals surface area contributed by atoms with Gasteiger partial charge in [0.25, 0.3) is 5.91 Å². The number of para-hydroxylation sites is 1. The Balaban J connectivity index is 2.08. The monoisotopic (exact) mass is 535 g/mol. The summed E-state index contributed by atoms with van der Waals surface area (Å²) in [4.78, 5) is 43.2. The fraction of sp³-hybridized carbons (Fsp3) is 0.531. The summed E-state index contributed by atoms with van der Waals surface area (Å²) in [5.41, 5.74) is 3.67. The van der Waals surface area contributed by atoms with Gasteiger partial charge in [-0.25, -0.2) is 4.79 Å². The maximum Gasteiger partial charge on any atom is 0.408 e. The minimum atomic E-state index is -0.848. The Hall–Kier alpha value is -3.35. The minimum Gasteiger partial charge on any atom is -0.444 e. The molecule has 2 aromatic carbocycles. The molecular weight excluding hydrogens is 490 g/mol. The summed E-state index contributed by atoms with van der Waals surface area (Å²) in [5, 5.41) is 5.95. The zero-order valence-electron chi connectivity index (χ0n) is 24.8. The van der Waals surface area contributed by atoms with Crippen LogP contribution in [-0.2, 0) is 14.3 Å². The van der Waals surface area contributed by atoms with Crippen molar-refractivity contribution in [3.05, 3.63) is 64.7 Å². The van der Waals surface area contributed by atoms with E-state index in [1.54, 1.807) is 25.7 Å². The van der Waals surface area contributed by atoms with Crippen LogP contribution in [0.25, 0.3) is 0 Å². The first-order valence-electron chi connectivity index (χ1n) is 14.0. The Kier molecular flexibility index (Phi) is 9.81. The summed E-state index contributed by atoms with van der Waals surface area (Å²) in [6.45, 7) is 15.3. The van der Waals surface area contributed by atoms with Crippen molar-refractivity contribution in [3.63, 3.8) is 0 Å². The molecule has 1 saturated carbocycles. The summed E-state index contributed by atoms with van der Waals surface area (Å²) in [6.07, 6.45) is 2.40. The molecule has 7 heteroatoms. The van der Waals surface area contributed by atoms with Crippen molar-refractivity contribution < 1.29 is 19.1 Å². The number of amides is 3. The van der Waals surface area contributed by atoms with E-state index in [4.69, 9.17) is 4.74 Å². The molecule has 212 valence electrons. The summed E-state index contributed by atoms with van der Waals surface area (Å²) in [5.74, 6) is -0.383. The van der Waals surface area contributed by atoms with Crippen LogP contribution < -0.4 is 10.6 Å². The van der Waals surface area contributed by atoms with E-state index in [0.717, 1.165) is 41.5 Å². The van der Waals surface area contributed by atoms with Gasteiger partial charge in [-0.2, -0.15) is 0 Å². The van der Waals surface area contributed by atoms with Gasteiger partial charge in [0.05, 0.1) is 0 Å². The number of nitrogens with zero attached hydrogens (tertiary/aromatic N) is 1.